The van der Waals surface area contributed by atoms with Gasteiger partial charge in [-0.05, 0) is 25.5 Å². The van der Waals surface area contributed by atoms with Crippen LogP contribution in [0.3, 0.4) is 0 Å². The van der Waals surface area contributed by atoms with Crippen LogP contribution in [0.4, 0.5) is 0 Å². The lowest BCUT2D eigenvalue weighted by atomic mass is 9.99. The van der Waals surface area contributed by atoms with E-state index in [9.17, 15) is 9.59 Å². The lowest BCUT2D eigenvalue weighted by Gasteiger charge is -2.10. The Hall–Kier alpha value is -1.06. The van der Waals surface area contributed by atoms with Crippen LogP contribution < -0.4 is 0 Å². The van der Waals surface area contributed by atoms with Crippen molar-refractivity contribution in [2.75, 3.05) is 6.61 Å². The first kappa shape index (κ1) is 15.0. The Kier molecular flexibility index (Phi) is 5.63. The van der Waals surface area contributed by atoms with Crippen molar-refractivity contribution in [2.24, 2.45) is 0 Å². The summed E-state index contributed by atoms with van der Waals surface area (Å²) in [6.07, 6.45) is 0. The second kappa shape index (κ2) is 6.76. The number of halogens is 2. The molecule has 0 fully saturated rings. The number of esters is 1. The third-order valence-corrected chi connectivity index (χ3v) is 2.87. The van der Waals surface area contributed by atoms with Gasteiger partial charge in [0.1, 0.15) is 0 Å². The second-order valence-corrected chi connectivity index (χ2v) is 4.64. The fraction of sp³-hybridized carbons (Fsp3) is 0.385. The molecule has 0 aliphatic carbocycles. The molecule has 1 aromatic carbocycles. The number of hydrogen-bond acceptors (Lipinski definition) is 3. The third kappa shape index (κ3) is 3.47. The molecule has 0 aromatic heterocycles. The first-order chi connectivity index (χ1) is 8.51. The molecule has 3 nitrogen and oxygen atoms in total. The van der Waals surface area contributed by atoms with Crippen LogP contribution in [-0.2, 0) is 10.6 Å². The Balaban J connectivity index is 3.24. The summed E-state index contributed by atoms with van der Waals surface area (Å²) >= 11 is 11.5. The van der Waals surface area contributed by atoms with Crippen molar-refractivity contribution >= 4 is 35.0 Å². The van der Waals surface area contributed by atoms with Crippen LogP contribution >= 0.6 is 23.2 Å². The number of hydrogen-bond donors (Lipinski definition) is 0. The molecule has 0 aliphatic rings. The molecule has 0 bridgehead atoms. The average molecular weight is 289 g/mol. The highest BCUT2D eigenvalue weighted by molar-refractivity contribution is 6.34. The maximum atomic E-state index is 11.9. The van der Waals surface area contributed by atoms with Gasteiger partial charge in [0.25, 0.3) is 0 Å². The number of ether oxygens (including phenoxy) is 1. The van der Waals surface area contributed by atoms with Gasteiger partial charge in [-0.25, -0.2) is 4.79 Å². The Morgan fingerprint density at radius 1 is 1.33 bits per heavy atom. The summed E-state index contributed by atoms with van der Waals surface area (Å²) in [4.78, 5) is 23.7. The smallest absolute Gasteiger partial charge is 0.338 e. The van der Waals surface area contributed by atoms with Crippen LogP contribution in [0.1, 0.15) is 40.1 Å². The van der Waals surface area contributed by atoms with E-state index in [1.54, 1.807) is 32.0 Å². The second-order valence-electron chi connectivity index (χ2n) is 3.71. The van der Waals surface area contributed by atoms with Crippen molar-refractivity contribution < 1.29 is 14.3 Å². The summed E-state index contributed by atoms with van der Waals surface area (Å²) in [6, 6.07) is 4.82. The van der Waals surface area contributed by atoms with Crippen LogP contribution in [0.15, 0.2) is 18.2 Å². The van der Waals surface area contributed by atoms with Crippen molar-refractivity contribution in [3.8, 4) is 0 Å². The van der Waals surface area contributed by atoms with Gasteiger partial charge in [0, 0.05) is 11.4 Å². The molecule has 0 N–H and O–H groups in total. The Labute approximate surface area is 116 Å². The molecule has 1 atom stereocenters. The van der Waals surface area contributed by atoms with Gasteiger partial charge >= 0.3 is 5.97 Å². The summed E-state index contributed by atoms with van der Waals surface area (Å²) in [5, 5.41) is -0.694. The highest BCUT2D eigenvalue weighted by Gasteiger charge is 2.21. The molecule has 98 valence electrons. The van der Waals surface area contributed by atoms with Crippen LogP contribution in [-0.4, -0.2) is 23.7 Å². The zero-order chi connectivity index (χ0) is 13.7. The largest absolute Gasteiger partial charge is 0.462 e. The van der Waals surface area contributed by atoms with E-state index in [1.807, 2.05) is 0 Å². The molecule has 18 heavy (non-hydrogen) atoms. The number of rotatable bonds is 5. The summed E-state index contributed by atoms with van der Waals surface area (Å²) in [7, 11) is 0. The van der Waals surface area contributed by atoms with E-state index >= 15 is 0 Å². The van der Waals surface area contributed by atoms with Gasteiger partial charge in [-0.3, -0.25) is 4.79 Å². The summed E-state index contributed by atoms with van der Waals surface area (Å²) in [6.45, 7) is 3.51. The standard InChI is InChI=1S/C13H14Cl2O3/c1-3-18-13(17)11-6-9(7-14)4-5-10(11)12(16)8(2)15/h4-6,8H,3,7H2,1-2H3. The number of carbonyl (C=O) groups excluding carboxylic acids is 2. The van der Waals surface area contributed by atoms with Gasteiger partial charge in [-0.1, -0.05) is 12.1 Å². The molecule has 5 heteroatoms. The molecule has 1 aromatic rings. The first-order valence-corrected chi connectivity index (χ1v) is 6.52. The molecular formula is C13H14Cl2O3. The third-order valence-electron chi connectivity index (χ3n) is 2.36. The van der Waals surface area contributed by atoms with Crippen LogP contribution in [0.25, 0.3) is 0 Å². The highest BCUT2D eigenvalue weighted by atomic mass is 35.5. The minimum atomic E-state index is -0.694. The van der Waals surface area contributed by atoms with E-state index in [1.165, 1.54) is 0 Å². The van der Waals surface area contributed by atoms with Gasteiger partial charge in [0.2, 0.25) is 0 Å². The van der Waals surface area contributed by atoms with Gasteiger partial charge in [0.05, 0.1) is 17.5 Å². The van der Waals surface area contributed by atoms with Crippen molar-refractivity contribution in [3.05, 3.63) is 34.9 Å². The van der Waals surface area contributed by atoms with E-state index in [-0.39, 0.29) is 29.4 Å². The normalized spacial score (nSPS) is 12.0. The van der Waals surface area contributed by atoms with Gasteiger partial charge < -0.3 is 4.74 Å². The van der Waals surface area contributed by atoms with Crippen molar-refractivity contribution in [2.45, 2.75) is 25.1 Å². The number of alkyl halides is 2. The molecule has 0 saturated heterocycles. The average Bonchev–Trinajstić information content (AvgIpc) is 2.37. The SMILES string of the molecule is CCOC(=O)c1cc(CCl)ccc1C(=O)C(C)Cl. The Morgan fingerprint density at radius 2 is 2.00 bits per heavy atom. The number of benzene rings is 1. The lowest BCUT2D eigenvalue weighted by molar-refractivity contribution is 0.0523. The van der Waals surface area contributed by atoms with Crippen LogP contribution in [0, 0.1) is 0 Å². The molecule has 0 saturated carbocycles. The number of ketones is 1. The van der Waals surface area contributed by atoms with Gasteiger partial charge in [-0.2, -0.15) is 0 Å². The number of carbonyl (C=O) groups is 2. The topological polar surface area (TPSA) is 43.4 Å². The van der Waals surface area contributed by atoms with E-state index in [0.717, 1.165) is 5.56 Å². The molecule has 0 aliphatic heterocycles. The maximum Gasteiger partial charge on any atom is 0.338 e. The Bertz CT molecular complexity index is 456. The predicted molar refractivity (Wildman–Crippen MR) is 71.6 cm³/mol. The van der Waals surface area contributed by atoms with Crippen molar-refractivity contribution in [1.29, 1.82) is 0 Å². The minimum Gasteiger partial charge on any atom is -0.462 e. The minimum absolute atomic E-state index is 0.215. The molecule has 0 amide bonds. The van der Waals surface area contributed by atoms with Crippen LogP contribution in [0.5, 0.6) is 0 Å². The monoisotopic (exact) mass is 288 g/mol. The quantitative estimate of drug-likeness (QED) is 0.474. The van der Waals surface area contributed by atoms with E-state index < -0.39 is 11.3 Å². The molecule has 1 unspecified atom stereocenters. The molecule has 0 spiro atoms. The van der Waals surface area contributed by atoms with Gasteiger partial charge in [0.15, 0.2) is 5.78 Å². The molecule has 1 rings (SSSR count). The highest BCUT2D eigenvalue weighted by Crippen LogP contribution is 2.18. The fourth-order valence-electron chi connectivity index (χ4n) is 1.48. The Morgan fingerprint density at radius 3 is 2.50 bits per heavy atom. The zero-order valence-corrected chi connectivity index (χ0v) is 11.7. The fourth-order valence-corrected chi connectivity index (χ4v) is 1.77. The summed E-state index contributed by atoms with van der Waals surface area (Å²) in [5.74, 6) is -0.580. The predicted octanol–water partition coefficient (Wildman–Crippen LogP) is 3.41. The molecule has 0 heterocycles. The first-order valence-electron chi connectivity index (χ1n) is 5.55. The molecule has 0 radical (unpaired) electrons. The van der Waals surface area contributed by atoms with E-state index in [2.05, 4.69) is 0 Å². The summed E-state index contributed by atoms with van der Waals surface area (Å²) in [5.41, 5.74) is 1.23. The maximum absolute atomic E-state index is 11.9. The number of Topliss-reactive ketones (excluding diaryl/α,β-unsaturated/α-hetero) is 1. The van der Waals surface area contributed by atoms with E-state index in [4.69, 9.17) is 27.9 Å². The van der Waals surface area contributed by atoms with Crippen molar-refractivity contribution in [1.82, 2.24) is 0 Å². The van der Waals surface area contributed by atoms with E-state index in [0.29, 0.717) is 0 Å². The molecular weight excluding hydrogens is 275 g/mol. The van der Waals surface area contributed by atoms with Gasteiger partial charge in [-0.15, -0.1) is 23.2 Å². The van der Waals surface area contributed by atoms with Crippen LogP contribution in [0.2, 0.25) is 0 Å². The zero-order valence-electron chi connectivity index (χ0n) is 10.2. The van der Waals surface area contributed by atoms with Crippen molar-refractivity contribution in [3.63, 3.8) is 0 Å². The lowest BCUT2D eigenvalue weighted by Crippen LogP contribution is -2.17. The summed E-state index contributed by atoms with van der Waals surface area (Å²) < 4.78 is 4.92.